The second-order valence-electron chi connectivity index (χ2n) is 4.39. The standard InChI is InChI=1S/C10H19N3O2/c1-7(2)10(3)8(14)13(6-4-5-11)9(15)12-10/h7H,4-6,11H2,1-3H3,(H,12,15). The van der Waals surface area contributed by atoms with Crippen LogP contribution in [0.5, 0.6) is 0 Å². The largest absolute Gasteiger partial charge is 0.330 e. The molecule has 1 atom stereocenters. The quantitative estimate of drug-likeness (QED) is 0.659. The molecule has 1 rings (SSSR count). The molecule has 1 aliphatic heterocycles. The third-order valence-corrected chi connectivity index (χ3v) is 3.04. The van der Waals surface area contributed by atoms with E-state index >= 15 is 0 Å². The summed E-state index contributed by atoms with van der Waals surface area (Å²) in [4.78, 5) is 24.8. The van der Waals surface area contributed by atoms with E-state index in [0.717, 1.165) is 0 Å². The van der Waals surface area contributed by atoms with Crippen molar-refractivity contribution in [3.63, 3.8) is 0 Å². The van der Waals surface area contributed by atoms with E-state index in [4.69, 9.17) is 5.73 Å². The Morgan fingerprint density at radius 2 is 2.07 bits per heavy atom. The topological polar surface area (TPSA) is 75.4 Å². The molecule has 1 heterocycles. The Balaban J connectivity index is 2.79. The van der Waals surface area contributed by atoms with Gasteiger partial charge in [-0.1, -0.05) is 13.8 Å². The zero-order valence-electron chi connectivity index (χ0n) is 9.54. The van der Waals surface area contributed by atoms with Crippen molar-refractivity contribution in [1.29, 1.82) is 0 Å². The highest BCUT2D eigenvalue weighted by Crippen LogP contribution is 2.25. The molecule has 5 nitrogen and oxygen atoms in total. The summed E-state index contributed by atoms with van der Waals surface area (Å²) in [5, 5.41) is 2.74. The molecule has 1 aliphatic rings. The van der Waals surface area contributed by atoms with Crippen molar-refractivity contribution >= 4 is 11.9 Å². The van der Waals surface area contributed by atoms with Crippen molar-refractivity contribution < 1.29 is 9.59 Å². The normalized spacial score (nSPS) is 26.3. The molecule has 0 aromatic rings. The van der Waals surface area contributed by atoms with Crippen LogP contribution >= 0.6 is 0 Å². The minimum Gasteiger partial charge on any atom is -0.330 e. The molecule has 3 N–H and O–H groups in total. The molecule has 3 amide bonds. The average Bonchev–Trinajstić information content (AvgIpc) is 2.37. The van der Waals surface area contributed by atoms with Crippen LogP contribution in [0.4, 0.5) is 4.79 Å². The van der Waals surface area contributed by atoms with E-state index in [0.29, 0.717) is 19.5 Å². The number of hydrogen-bond donors (Lipinski definition) is 2. The summed E-state index contributed by atoms with van der Waals surface area (Å²) in [6, 6.07) is -0.301. The number of carbonyl (C=O) groups excluding carboxylic acids is 2. The molecule has 5 heteroatoms. The van der Waals surface area contributed by atoms with E-state index in [1.54, 1.807) is 6.92 Å². The van der Waals surface area contributed by atoms with Crippen LogP contribution in [-0.4, -0.2) is 35.5 Å². The van der Waals surface area contributed by atoms with E-state index in [1.165, 1.54) is 4.90 Å². The van der Waals surface area contributed by atoms with Gasteiger partial charge in [0, 0.05) is 6.54 Å². The van der Waals surface area contributed by atoms with Gasteiger partial charge in [0.2, 0.25) is 0 Å². The fourth-order valence-corrected chi connectivity index (χ4v) is 1.56. The second-order valence-corrected chi connectivity index (χ2v) is 4.39. The monoisotopic (exact) mass is 213 g/mol. The highest BCUT2D eigenvalue weighted by Gasteiger charge is 2.49. The molecule has 86 valence electrons. The first-order valence-corrected chi connectivity index (χ1v) is 5.27. The van der Waals surface area contributed by atoms with E-state index in [1.807, 2.05) is 13.8 Å². The first kappa shape index (κ1) is 12.0. The van der Waals surface area contributed by atoms with Gasteiger partial charge in [-0.05, 0) is 25.8 Å². The van der Waals surface area contributed by atoms with Crippen LogP contribution in [0.15, 0.2) is 0 Å². The minimum atomic E-state index is -0.758. The molecule has 0 bridgehead atoms. The van der Waals surface area contributed by atoms with Gasteiger partial charge in [0.15, 0.2) is 0 Å². The van der Waals surface area contributed by atoms with Gasteiger partial charge in [-0.2, -0.15) is 0 Å². The smallest absolute Gasteiger partial charge is 0.325 e. The predicted octanol–water partition coefficient (Wildman–Crippen LogP) is 0.302. The molecule has 0 aliphatic carbocycles. The highest BCUT2D eigenvalue weighted by atomic mass is 16.2. The van der Waals surface area contributed by atoms with E-state index in [2.05, 4.69) is 5.32 Å². The number of rotatable bonds is 4. The van der Waals surface area contributed by atoms with Crippen LogP contribution in [-0.2, 0) is 4.79 Å². The summed E-state index contributed by atoms with van der Waals surface area (Å²) in [6.07, 6.45) is 0.646. The molecule has 15 heavy (non-hydrogen) atoms. The molecule has 0 aromatic heterocycles. The molecule has 0 aromatic carbocycles. The number of hydrogen-bond acceptors (Lipinski definition) is 3. The van der Waals surface area contributed by atoms with Gasteiger partial charge < -0.3 is 11.1 Å². The van der Waals surface area contributed by atoms with Crippen molar-refractivity contribution in [1.82, 2.24) is 10.2 Å². The van der Waals surface area contributed by atoms with E-state index in [9.17, 15) is 9.59 Å². The van der Waals surface area contributed by atoms with Gasteiger partial charge in [0.1, 0.15) is 5.54 Å². The second kappa shape index (κ2) is 4.18. The molecule has 1 saturated heterocycles. The zero-order valence-corrected chi connectivity index (χ0v) is 9.54. The number of nitrogens with one attached hydrogen (secondary N) is 1. The van der Waals surface area contributed by atoms with Gasteiger partial charge in [-0.3, -0.25) is 9.69 Å². The Labute approximate surface area is 90.0 Å². The first-order valence-electron chi connectivity index (χ1n) is 5.27. The Morgan fingerprint density at radius 1 is 1.47 bits per heavy atom. The number of imide groups is 1. The summed E-state index contributed by atoms with van der Waals surface area (Å²) in [7, 11) is 0. The van der Waals surface area contributed by atoms with Crippen molar-refractivity contribution in [2.24, 2.45) is 11.7 Å². The van der Waals surface area contributed by atoms with Crippen molar-refractivity contribution in [3.05, 3.63) is 0 Å². The first-order chi connectivity index (χ1) is 6.93. The molecule has 0 saturated carbocycles. The Bertz CT molecular complexity index is 278. The third-order valence-electron chi connectivity index (χ3n) is 3.04. The summed E-state index contributed by atoms with van der Waals surface area (Å²) >= 11 is 0. The van der Waals surface area contributed by atoms with Crippen LogP contribution in [0.1, 0.15) is 27.2 Å². The van der Waals surface area contributed by atoms with Gasteiger partial charge in [-0.15, -0.1) is 0 Å². The number of nitrogens with zero attached hydrogens (tertiary/aromatic N) is 1. The minimum absolute atomic E-state index is 0.0804. The lowest BCUT2D eigenvalue weighted by molar-refractivity contribution is -0.132. The van der Waals surface area contributed by atoms with Gasteiger partial charge in [0.05, 0.1) is 0 Å². The lowest BCUT2D eigenvalue weighted by atomic mass is 9.88. The molecule has 0 spiro atoms. The summed E-state index contributed by atoms with van der Waals surface area (Å²) in [6.45, 7) is 6.49. The van der Waals surface area contributed by atoms with Crippen LogP contribution in [0.25, 0.3) is 0 Å². The summed E-state index contributed by atoms with van der Waals surface area (Å²) in [5.41, 5.74) is 4.60. The van der Waals surface area contributed by atoms with Crippen LogP contribution in [0.3, 0.4) is 0 Å². The van der Waals surface area contributed by atoms with Crippen LogP contribution < -0.4 is 11.1 Å². The number of amides is 3. The summed E-state index contributed by atoms with van der Waals surface area (Å²) < 4.78 is 0. The van der Waals surface area contributed by atoms with Crippen LogP contribution in [0, 0.1) is 5.92 Å². The fourth-order valence-electron chi connectivity index (χ4n) is 1.56. The van der Waals surface area contributed by atoms with Crippen molar-refractivity contribution in [2.45, 2.75) is 32.7 Å². The highest BCUT2D eigenvalue weighted by molar-refractivity contribution is 6.06. The molecule has 0 radical (unpaired) electrons. The number of carbonyl (C=O) groups is 2. The van der Waals surface area contributed by atoms with Gasteiger partial charge >= 0.3 is 6.03 Å². The molecule has 1 fully saturated rings. The lowest BCUT2D eigenvalue weighted by Gasteiger charge is -2.25. The number of urea groups is 1. The number of nitrogens with two attached hydrogens (primary N) is 1. The molecular formula is C10H19N3O2. The predicted molar refractivity (Wildman–Crippen MR) is 57.2 cm³/mol. The van der Waals surface area contributed by atoms with Gasteiger partial charge in [0.25, 0.3) is 5.91 Å². The Hall–Kier alpha value is -1.10. The van der Waals surface area contributed by atoms with Crippen molar-refractivity contribution in [3.8, 4) is 0 Å². The average molecular weight is 213 g/mol. The summed E-state index contributed by atoms with van der Waals surface area (Å²) in [5.74, 6) is -0.0622. The molecule has 1 unspecified atom stereocenters. The lowest BCUT2D eigenvalue weighted by Crippen LogP contribution is -2.48. The zero-order chi connectivity index (χ0) is 11.6. The Kier molecular flexibility index (Phi) is 3.34. The maximum Gasteiger partial charge on any atom is 0.325 e. The molecular weight excluding hydrogens is 194 g/mol. The van der Waals surface area contributed by atoms with Crippen molar-refractivity contribution in [2.75, 3.05) is 13.1 Å². The van der Waals surface area contributed by atoms with E-state index in [-0.39, 0.29) is 17.9 Å². The Morgan fingerprint density at radius 3 is 2.47 bits per heavy atom. The maximum atomic E-state index is 12.0. The van der Waals surface area contributed by atoms with E-state index < -0.39 is 5.54 Å². The van der Waals surface area contributed by atoms with Crippen LogP contribution in [0.2, 0.25) is 0 Å². The van der Waals surface area contributed by atoms with Gasteiger partial charge in [-0.25, -0.2) is 4.79 Å². The third kappa shape index (κ3) is 1.97. The maximum absolute atomic E-state index is 12.0. The fraction of sp³-hybridized carbons (Fsp3) is 0.800. The SMILES string of the molecule is CC(C)C1(C)NC(=O)N(CCCN)C1=O.